The van der Waals surface area contributed by atoms with Crippen LogP contribution in [0.25, 0.3) is 6.08 Å². The third-order valence-electron chi connectivity index (χ3n) is 2.05. The van der Waals surface area contributed by atoms with Crippen LogP contribution in [-0.2, 0) is 15.8 Å². The van der Waals surface area contributed by atoms with E-state index in [4.69, 9.17) is 5.11 Å². The predicted molar refractivity (Wildman–Crippen MR) is 61.1 cm³/mol. The van der Waals surface area contributed by atoms with Crippen LogP contribution in [0.15, 0.2) is 30.3 Å². The number of carbonyl (C=O) groups is 2. The van der Waals surface area contributed by atoms with Gasteiger partial charge in [-0.2, -0.15) is 13.2 Å². The molecular weight excluding hydrogens is 263 g/mol. The SMILES string of the molecule is O=C(O)CNC(=O)/C=C/c1cccc(C(F)(F)F)c1. The monoisotopic (exact) mass is 273 g/mol. The van der Waals surface area contributed by atoms with Crippen LogP contribution >= 0.6 is 0 Å². The average Bonchev–Trinajstić information content (AvgIpc) is 2.33. The lowest BCUT2D eigenvalue weighted by Gasteiger charge is -2.06. The number of halogens is 3. The highest BCUT2D eigenvalue weighted by Gasteiger charge is 2.30. The molecule has 0 spiro atoms. The third-order valence-corrected chi connectivity index (χ3v) is 2.05. The van der Waals surface area contributed by atoms with Crippen LogP contribution in [0.2, 0.25) is 0 Å². The zero-order valence-corrected chi connectivity index (χ0v) is 9.57. The lowest BCUT2D eigenvalue weighted by atomic mass is 10.1. The second kappa shape index (κ2) is 6.03. The molecule has 0 aliphatic heterocycles. The number of hydrogen-bond donors (Lipinski definition) is 2. The topological polar surface area (TPSA) is 66.4 Å². The number of hydrogen-bond acceptors (Lipinski definition) is 2. The molecule has 0 fully saturated rings. The van der Waals surface area contributed by atoms with Gasteiger partial charge in [-0.25, -0.2) is 0 Å². The van der Waals surface area contributed by atoms with Crippen molar-refractivity contribution in [2.45, 2.75) is 6.18 Å². The van der Waals surface area contributed by atoms with Gasteiger partial charge < -0.3 is 10.4 Å². The summed E-state index contributed by atoms with van der Waals surface area (Å²) in [5, 5.41) is 10.4. The standard InChI is InChI=1S/C12H10F3NO3/c13-12(14,15)9-3-1-2-8(6-9)4-5-10(17)16-7-11(18)19/h1-6H,7H2,(H,16,17)(H,18,19)/b5-4+. The zero-order valence-electron chi connectivity index (χ0n) is 9.57. The Kier molecular flexibility index (Phi) is 4.68. The van der Waals surface area contributed by atoms with Gasteiger partial charge in [0, 0.05) is 6.08 Å². The van der Waals surface area contributed by atoms with Gasteiger partial charge in [-0.05, 0) is 23.8 Å². The molecule has 0 aliphatic rings. The van der Waals surface area contributed by atoms with Crippen molar-refractivity contribution in [3.05, 3.63) is 41.5 Å². The fourth-order valence-corrected chi connectivity index (χ4v) is 1.21. The molecule has 1 amide bonds. The molecule has 0 aliphatic carbocycles. The van der Waals surface area contributed by atoms with E-state index < -0.39 is 30.2 Å². The minimum atomic E-state index is -4.45. The van der Waals surface area contributed by atoms with Crippen molar-refractivity contribution in [3.8, 4) is 0 Å². The number of rotatable bonds is 4. The number of carboxylic acid groups (broad SMARTS) is 1. The number of amides is 1. The summed E-state index contributed by atoms with van der Waals surface area (Å²) < 4.78 is 37.2. The van der Waals surface area contributed by atoms with Crippen molar-refractivity contribution in [3.63, 3.8) is 0 Å². The van der Waals surface area contributed by atoms with Crippen molar-refractivity contribution in [2.24, 2.45) is 0 Å². The Balaban J connectivity index is 2.72. The van der Waals surface area contributed by atoms with Crippen LogP contribution < -0.4 is 5.32 Å². The second-order valence-corrected chi connectivity index (χ2v) is 3.57. The molecule has 0 bridgehead atoms. The van der Waals surface area contributed by atoms with E-state index in [2.05, 4.69) is 0 Å². The largest absolute Gasteiger partial charge is 0.480 e. The van der Waals surface area contributed by atoms with E-state index in [1.807, 2.05) is 5.32 Å². The molecule has 7 heteroatoms. The van der Waals surface area contributed by atoms with E-state index in [1.54, 1.807) is 0 Å². The van der Waals surface area contributed by atoms with Crippen LogP contribution in [0.1, 0.15) is 11.1 Å². The molecule has 1 aromatic carbocycles. The van der Waals surface area contributed by atoms with Crippen molar-refractivity contribution < 1.29 is 27.9 Å². The highest BCUT2D eigenvalue weighted by Crippen LogP contribution is 2.29. The van der Waals surface area contributed by atoms with E-state index in [0.29, 0.717) is 0 Å². The Morgan fingerprint density at radius 2 is 2.00 bits per heavy atom. The van der Waals surface area contributed by atoms with Gasteiger partial charge >= 0.3 is 12.1 Å². The molecule has 1 rings (SSSR count). The molecule has 0 atom stereocenters. The van der Waals surface area contributed by atoms with Crippen LogP contribution in [0.4, 0.5) is 13.2 Å². The van der Waals surface area contributed by atoms with Crippen molar-refractivity contribution in [2.75, 3.05) is 6.54 Å². The Hall–Kier alpha value is -2.31. The Bertz CT molecular complexity index is 509. The van der Waals surface area contributed by atoms with Crippen molar-refractivity contribution in [1.82, 2.24) is 5.32 Å². The maximum absolute atomic E-state index is 12.4. The number of aliphatic carboxylic acids is 1. The van der Waals surface area contributed by atoms with Crippen molar-refractivity contribution in [1.29, 1.82) is 0 Å². The normalized spacial score (nSPS) is 11.5. The molecule has 0 radical (unpaired) electrons. The van der Waals surface area contributed by atoms with Crippen LogP contribution in [0, 0.1) is 0 Å². The van der Waals surface area contributed by atoms with Gasteiger partial charge in [0.1, 0.15) is 6.54 Å². The lowest BCUT2D eigenvalue weighted by Crippen LogP contribution is -2.27. The van der Waals surface area contributed by atoms with Gasteiger partial charge in [0.05, 0.1) is 5.56 Å². The molecule has 1 aromatic rings. The van der Waals surface area contributed by atoms with Crippen molar-refractivity contribution >= 4 is 18.0 Å². The highest BCUT2D eigenvalue weighted by atomic mass is 19.4. The summed E-state index contributed by atoms with van der Waals surface area (Å²) in [5.74, 6) is -1.90. The fourth-order valence-electron chi connectivity index (χ4n) is 1.21. The summed E-state index contributed by atoms with van der Waals surface area (Å²) in [6.07, 6.45) is -2.31. The molecular formula is C12H10F3NO3. The molecule has 0 saturated heterocycles. The van der Waals surface area contributed by atoms with Crippen LogP contribution in [-0.4, -0.2) is 23.5 Å². The summed E-state index contributed by atoms with van der Waals surface area (Å²) in [6, 6.07) is 4.43. The van der Waals surface area contributed by atoms with Gasteiger partial charge in [-0.1, -0.05) is 12.1 Å². The summed E-state index contributed by atoms with van der Waals surface area (Å²) in [5.41, 5.74) is -0.624. The number of alkyl halides is 3. The maximum atomic E-state index is 12.4. The first-order valence-corrected chi connectivity index (χ1v) is 5.14. The van der Waals surface area contributed by atoms with Gasteiger partial charge in [0.25, 0.3) is 0 Å². The lowest BCUT2D eigenvalue weighted by molar-refractivity contribution is -0.138. The minimum Gasteiger partial charge on any atom is -0.480 e. The Morgan fingerprint density at radius 3 is 2.58 bits per heavy atom. The molecule has 0 aromatic heterocycles. The smallest absolute Gasteiger partial charge is 0.416 e. The summed E-state index contributed by atoms with van der Waals surface area (Å²) in [4.78, 5) is 21.3. The van der Waals surface area contributed by atoms with E-state index in [-0.39, 0.29) is 5.56 Å². The van der Waals surface area contributed by atoms with Crippen LogP contribution in [0.3, 0.4) is 0 Å². The second-order valence-electron chi connectivity index (χ2n) is 3.57. The first-order chi connectivity index (χ1) is 8.79. The number of carboxylic acids is 1. The Labute approximate surface area is 106 Å². The van der Waals surface area contributed by atoms with Gasteiger partial charge in [0.2, 0.25) is 5.91 Å². The van der Waals surface area contributed by atoms with Gasteiger partial charge in [-0.3, -0.25) is 9.59 Å². The number of nitrogens with one attached hydrogen (secondary N) is 1. The van der Waals surface area contributed by atoms with Gasteiger partial charge in [0.15, 0.2) is 0 Å². The quantitative estimate of drug-likeness (QED) is 0.824. The molecule has 19 heavy (non-hydrogen) atoms. The molecule has 102 valence electrons. The zero-order chi connectivity index (χ0) is 14.5. The first-order valence-electron chi connectivity index (χ1n) is 5.14. The predicted octanol–water partition coefficient (Wildman–Crippen LogP) is 1.92. The average molecular weight is 273 g/mol. The molecule has 4 nitrogen and oxygen atoms in total. The van der Waals surface area contributed by atoms with Crippen LogP contribution in [0.5, 0.6) is 0 Å². The molecule has 0 saturated carbocycles. The third kappa shape index (κ3) is 5.24. The van der Waals surface area contributed by atoms with Gasteiger partial charge in [-0.15, -0.1) is 0 Å². The molecule has 0 unspecified atom stereocenters. The summed E-state index contributed by atoms with van der Waals surface area (Å²) >= 11 is 0. The highest BCUT2D eigenvalue weighted by molar-refractivity contribution is 5.93. The fraction of sp³-hybridized carbons (Fsp3) is 0.167. The van der Waals surface area contributed by atoms with E-state index in [9.17, 15) is 22.8 Å². The number of carbonyl (C=O) groups excluding carboxylic acids is 1. The maximum Gasteiger partial charge on any atom is 0.416 e. The summed E-state index contributed by atoms with van der Waals surface area (Å²) in [6.45, 7) is -0.550. The van der Waals surface area contributed by atoms with E-state index in [1.165, 1.54) is 18.2 Å². The minimum absolute atomic E-state index is 0.195. The van der Waals surface area contributed by atoms with E-state index in [0.717, 1.165) is 18.2 Å². The molecule has 0 heterocycles. The summed E-state index contributed by atoms with van der Waals surface area (Å²) in [7, 11) is 0. The number of benzene rings is 1. The first kappa shape index (κ1) is 14.7. The Morgan fingerprint density at radius 1 is 1.32 bits per heavy atom. The van der Waals surface area contributed by atoms with E-state index >= 15 is 0 Å². The molecule has 2 N–H and O–H groups in total.